The van der Waals surface area contributed by atoms with Gasteiger partial charge in [0.15, 0.2) is 0 Å². The van der Waals surface area contributed by atoms with Crippen molar-refractivity contribution in [2.75, 3.05) is 18.5 Å². The minimum atomic E-state index is 0.415. The van der Waals surface area contributed by atoms with Gasteiger partial charge in [0.25, 0.3) is 0 Å². The lowest BCUT2D eigenvalue weighted by molar-refractivity contribution is -0.316. The second kappa shape index (κ2) is 10.5. The summed E-state index contributed by atoms with van der Waals surface area (Å²) in [5.41, 5.74) is 0.914. The Balaban J connectivity index is 2.52. The van der Waals surface area contributed by atoms with E-state index in [1.807, 2.05) is 30.3 Å². The number of hydrogen-bond donors (Lipinski definition) is 1. The lowest BCUT2D eigenvalue weighted by Crippen LogP contribution is -2.36. The molecule has 0 fully saturated rings. The molecule has 0 radical (unpaired) electrons. The fourth-order valence-corrected chi connectivity index (χ4v) is 1.81. The zero-order chi connectivity index (χ0) is 16.4. The first kappa shape index (κ1) is 18.9. The molecule has 0 amide bonds. The van der Waals surface area contributed by atoms with Crippen LogP contribution in [0.1, 0.15) is 40.5 Å². The molecule has 1 aromatic carbocycles. The van der Waals surface area contributed by atoms with Gasteiger partial charge < -0.3 is 5.32 Å². The van der Waals surface area contributed by atoms with Gasteiger partial charge in [-0.25, -0.2) is 9.68 Å². The van der Waals surface area contributed by atoms with Crippen molar-refractivity contribution >= 4 is 23.0 Å². The van der Waals surface area contributed by atoms with Gasteiger partial charge in [0.2, 0.25) is 5.11 Å². The van der Waals surface area contributed by atoms with E-state index in [1.54, 1.807) is 0 Å². The second-order valence-corrected chi connectivity index (χ2v) is 6.47. The minimum absolute atomic E-state index is 0.415. The third-order valence-corrected chi connectivity index (χ3v) is 3.25. The van der Waals surface area contributed by atoms with Crippen molar-refractivity contribution in [3.05, 3.63) is 30.3 Å². The molecule has 0 saturated carbocycles. The Bertz CT molecular complexity index is 410. The zero-order valence-electron chi connectivity index (χ0n) is 14.0. The quantitative estimate of drug-likeness (QED) is 0.528. The van der Waals surface area contributed by atoms with Gasteiger partial charge in [0.05, 0.1) is 13.2 Å². The standard InChI is InChI=1S/C17H28N2O2S/c1-14(2)10-12-20-19(21-13-11-15(3)4)17(22)18-16-8-6-5-7-9-16/h5-9,14-15H,10-13H2,1-4H3,(H,18,22). The number of benzene rings is 1. The lowest BCUT2D eigenvalue weighted by atomic mass is 10.1. The maximum atomic E-state index is 5.68. The molecule has 0 heterocycles. The van der Waals surface area contributed by atoms with E-state index >= 15 is 0 Å². The van der Waals surface area contributed by atoms with E-state index < -0.39 is 0 Å². The van der Waals surface area contributed by atoms with Crippen LogP contribution in [0, 0.1) is 11.8 Å². The molecule has 0 bridgehead atoms. The summed E-state index contributed by atoms with van der Waals surface area (Å²) in [6.07, 6.45) is 1.91. The Morgan fingerprint density at radius 2 is 1.50 bits per heavy atom. The van der Waals surface area contributed by atoms with Crippen molar-refractivity contribution in [1.29, 1.82) is 0 Å². The van der Waals surface area contributed by atoms with Crippen LogP contribution in [-0.2, 0) is 9.68 Å². The molecular weight excluding hydrogens is 296 g/mol. The Hall–Kier alpha value is -1.17. The predicted molar refractivity (Wildman–Crippen MR) is 95.3 cm³/mol. The summed E-state index contributed by atoms with van der Waals surface area (Å²) in [4.78, 5) is 11.4. The summed E-state index contributed by atoms with van der Waals surface area (Å²) in [6, 6.07) is 9.77. The van der Waals surface area contributed by atoms with E-state index in [0.29, 0.717) is 30.2 Å². The molecule has 0 aliphatic rings. The number of para-hydroxylation sites is 1. The maximum Gasteiger partial charge on any atom is 0.227 e. The van der Waals surface area contributed by atoms with Gasteiger partial charge >= 0.3 is 0 Å². The summed E-state index contributed by atoms with van der Waals surface area (Å²) in [7, 11) is 0. The SMILES string of the molecule is CC(C)CCON(OCCC(C)C)C(=S)Nc1ccccc1. The van der Waals surface area contributed by atoms with Crippen LogP contribution >= 0.6 is 12.2 Å². The highest BCUT2D eigenvalue weighted by atomic mass is 32.1. The van der Waals surface area contributed by atoms with Crippen molar-refractivity contribution in [2.24, 2.45) is 11.8 Å². The molecule has 0 aliphatic carbocycles. The van der Waals surface area contributed by atoms with Crippen molar-refractivity contribution in [3.8, 4) is 0 Å². The fourth-order valence-electron chi connectivity index (χ4n) is 1.59. The van der Waals surface area contributed by atoms with E-state index in [9.17, 15) is 0 Å². The third kappa shape index (κ3) is 8.32. The minimum Gasteiger partial charge on any atom is -0.329 e. The largest absolute Gasteiger partial charge is 0.329 e. The summed E-state index contributed by atoms with van der Waals surface area (Å²) in [5.74, 6) is 1.15. The lowest BCUT2D eigenvalue weighted by Gasteiger charge is -2.24. The molecule has 0 aromatic heterocycles. The average Bonchev–Trinajstić information content (AvgIpc) is 2.46. The van der Waals surface area contributed by atoms with E-state index in [4.69, 9.17) is 21.9 Å². The maximum absolute atomic E-state index is 5.68. The molecule has 22 heavy (non-hydrogen) atoms. The van der Waals surface area contributed by atoms with Crippen LogP contribution in [0.15, 0.2) is 30.3 Å². The molecule has 1 N–H and O–H groups in total. The van der Waals surface area contributed by atoms with Gasteiger partial charge in [0.1, 0.15) is 0 Å². The molecule has 0 unspecified atom stereocenters. The van der Waals surface area contributed by atoms with Gasteiger partial charge in [-0.2, -0.15) is 0 Å². The van der Waals surface area contributed by atoms with Crippen LogP contribution in [0.5, 0.6) is 0 Å². The van der Waals surface area contributed by atoms with E-state index in [1.165, 1.54) is 5.23 Å². The van der Waals surface area contributed by atoms with E-state index in [2.05, 4.69) is 33.0 Å². The second-order valence-electron chi connectivity index (χ2n) is 6.08. The van der Waals surface area contributed by atoms with Crippen LogP contribution in [0.4, 0.5) is 5.69 Å². The number of nitrogens with zero attached hydrogens (tertiary/aromatic N) is 1. The molecule has 1 rings (SSSR count). The van der Waals surface area contributed by atoms with Crippen LogP contribution in [0.2, 0.25) is 0 Å². The van der Waals surface area contributed by atoms with Gasteiger partial charge in [-0.05, 0) is 49.0 Å². The van der Waals surface area contributed by atoms with Gasteiger partial charge in [0, 0.05) is 5.69 Å². The summed E-state index contributed by atoms with van der Waals surface area (Å²) in [6.45, 7) is 9.80. The first-order valence-corrected chi connectivity index (χ1v) is 8.32. The molecule has 5 heteroatoms. The number of nitrogens with one attached hydrogen (secondary N) is 1. The fraction of sp³-hybridized carbons (Fsp3) is 0.588. The normalized spacial score (nSPS) is 11.0. The Kier molecular flexibility index (Phi) is 9.04. The zero-order valence-corrected chi connectivity index (χ0v) is 14.9. The first-order valence-electron chi connectivity index (χ1n) is 7.91. The molecular formula is C17H28N2O2S. The smallest absolute Gasteiger partial charge is 0.227 e. The van der Waals surface area contributed by atoms with Crippen molar-refractivity contribution in [1.82, 2.24) is 5.23 Å². The monoisotopic (exact) mass is 324 g/mol. The summed E-state index contributed by atoms with van der Waals surface area (Å²) in [5, 5.41) is 4.88. The molecule has 0 spiro atoms. The van der Waals surface area contributed by atoms with Gasteiger partial charge in [-0.15, -0.1) is 0 Å². The molecule has 0 atom stereocenters. The Labute approximate surface area is 139 Å². The molecule has 4 nitrogen and oxygen atoms in total. The van der Waals surface area contributed by atoms with Crippen LogP contribution in [0.25, 0.3) is 0 Å². The third-order valence-electron chi connectivity index (χ3n) is 3.00. The van der Waals surface area contributed by atoms with Crippen LogP contribution < -0.4 is 5.32 Å². The van der Waals surface area contributed by atoms with Crippen LogP contribution in [-0.4, -0.2) is 23.6 Å². The Morgan fingerprint density at radius 1 is 1.00 bits per heavy atom. The van der Waals surface area contributed by atoms with Crippen molar-refractivity contribution in [2.45, 2.75) is 40.5 Å². The van der Waals surface area contributed by atoms with E-state index in [0.717, 1.165) is 18.5 Å². The summed E-state index contributed by atoms with van der Waals surface area (Å²) < 4.78 is 0. The molecule has 124 valence electrons. The van der Waals surface area contributed by atoms with Crippen LogP contribution in [0.3, 0.4) is 0 Å². The first-order chi connectivity index (χ1) is 10.5. The van der Waals surface area contributed by atoms with Crippen molar-refractivity contribution < 1.29 is 9.68 Å². The number of hydroxylamine groups is 2. The number of hydrogen-bond acceptors (Lipinski definition) is 3. The van der Waals surface area contributed by atoms with Gasteiger partial charge in [-0.1, -0.05) is 51.1 Å². The molecule has 0 saturated heterocycles. The topological polar surface area (TPSA) is 33.7 Å². The Morgan fingerprint density at radius 3 is 1.95 bits per heavy atom. The van der Waals surface area contributed by atoms with Gasteiger partial charge in [-0.3, -0.25) is 0 Å². The molecule has 0 aliphatic heterocycles. The molecule has 1 aromatic rings. The number of rotatable bonds is 9. The highest BCUT2D eigenvalue weighted by molar-refractivity contribution is 7.80. The highest BCUT2D eigenvalue weighted by Gasteiger charge is 2.13. The average molecular weight is 324 g/mol. The highest BCUT2D eigenvalue weighted by Crippen LogP contribution is 2.10. The summed E-state index contributed by atoms with van der Waals surface area (Å²) >= 11 is 5.38. The number of thiocarbonyl (C=S) groups is 1. The van der Waals surface area contributed by atoms with E-state index in [-0.39, 0.29) is 0 Å². The number of anilines is 1. The predicted octanol–water partition coefficient (Wildman–Crippen LogP) is 4.64. The van der Waals surface area contributed by atoms with Crippen molar-refractivity contribution in [3.63, 3.8) is 0 Å².